The van der Waals surface area contributed by atoms with Crippen LogP contribution in [0.4, 0.5) is 22.7 Å². The maximum Gasteiger partial charge on any atom is 0.223 e. The van der Waals surface area contributed by atoms with Gasteiger partial charge in [0.2, 0.25) is 23.6 Å². The average molecular weight is 465 g/mol. The lowest BCUT2D eigenvalue weighted by Crippen LogP contribution is -2.40. The van der Waals surface area contributed by atoms with E-state index in [0.717, 1.165) is 0 Å². The number of rotatable bonds is 0. The number of carbonyl (C=O) groups excluding carboxylic acids is 4. The molecule has 1 heterocycles. The van der Waals surface area contributed by atoms with Crippen LogP contribution in [-0.4, -0.2) is 49.8 Å². The number of anilines is 4. The predicted octanol–water partition coefficient (Wildman–Crippen LogP) is 3.59. The van der Waals surface area contributed by atoms with Gasteiger partial charge in [0.05, 0.1) is 22.7 Å². The number of fused-ring (bicyclic) bond motifs is 2. The zero-order valence-electron chi connectivity index (χ0n) is 20.3. The lowest BCUT2D eigenvalue weighted by atomic mass is 10.1. The summed E-state index contributed by atoms with van der Waals surface area (Å²) < 4.78 is 0. The summed E-state index contributed by atoms with van der Waals surface area (Å²) in [5, 5.41) is 0. The first-order valence-corrected chi connectivity index (χ1v) is 11.5. The van der Waals surface area contributed by atoms with Crippen LogP contribution in [0.3, 0.4) is 0 Å². The highest BCUT2D eigenvalue weighted by Gasteiger charge is 2.25. The van der Waals surface area contributed by atoms with Crippen LogP contribution in [0.5, 0.6) is 0 Å². The fourth-order valence-electron chi connectivity index (χ4n) is 4.41. The first-order valence-electron chi connectivity index (χ1n) is 11.5. The summed E-state index contributed by atoms with van der Waals surface area (Å²) in [6.45, 7) is 7.50. The fourth-order valence-corrected chi connectivity index (χ4v) is 4.41. The molecule has 0 atom stereocenters. The van der Waals surface area contributed by atoms with E-state index in [2.05, 4.69) is 0 Å². The van der Waals surface area contributed by atoms with Crippen molar-refractivity contribution in [2.45, 2.75) is 40.5 Å². The summed E-state index contributed by atoms with van der Waals surface area (Å²) >= 11 is 0. The van der Waals surface area contributed by atoms with Crippen molar-refractivity contribution in [2.24, 2.45) is 0 Å². The zero-order chi connectivity index (χ0) is 24.8. The van der Waals surface area contributed by atoms with Gasteiger partial charge in [0.25, 0.3) is 0 Å². The molecule has 0 radical (unpaired) electrons. The molecule has 4 amide bonds. The van der Waals surface area contributed by atoms with Crippen LogP contribution in [0.25, 0.3) is 0 Å². The summed E-state index contributed by atoms with van der Waals surface area (Å²) in [6, 6.07) is 14.7. The molecule has 0 unspecified atom stereocenters. The minimum atomic E-state index is -0.138. The van der Waals surface area contributed by atoms with E-state index in [9.17, 15) is 19.2 Å². The second-order valence-electron chi connectivity index (χ2n) is 8.37. The van der Waals surface area contributed by atoms with Crippen molar-refractivity contribution in [1.82, 2.24) is 0 Å². The van der Waals surface area contributed by atoms with Gasteiger partial charge in [-0.15, -0.1) is 0 Å². The molecule has 0 N–H and O–H groups in total. The van der Waals surface area contributed by atoms with Gasteiger partial charge < -0.3 is 19.6 Å². The first kappa shape index (κ1) is 25.0. The third-order valence-electron chi connectivity index (χ3n) is 5.97. The molecule has 8 heteroatoms. The van der Waals surface area contributed by atoms with Gasteiger partial charge in [0, 0.05) is 53.9 Å². The molecule has 180 valence electrons. The number of carbonyl (C=O) groups is 4. The SMILES string of the molecule is CC(=O)N1CCCN(C(C)=O)c2ccccc2N(C(C)=O)CCCN(C(C)=O)c2ccccc21. The Morgan fingerprint density at radius 2 is 0.676 bits per heavy atom. The predicted molar refractivity (Wildman–Crippen MR) is 134 cm³/mol. The normalized spacial score (nSPS) is 15.2. The highest BCUT2D eigenvalue weighted by Crippen LogP contribution is 2.33. The van der Waals surface area contributed by atoms with Crippen molar-refractivity contribution in [3.63, 3.8) is 0 Å². The van der Waals surface area contributed by atoms with Crippen molar-refractivity contribution < 1.29 is 19.2 Å². The largest absolute Gasteiger partial charge is 0.311 e. The molecule has 0 fully saturated rings. The average Bonchev–Trinajstić information content (AvgIpc) is 2.78. The van der Waals surface area contributed by atoms with E-state index in [1.54, 1.807) is 19.6 Å². The zero-order valence-corrected chi connectivity index (χ0v) is 20.3. The van der Waals surface area contributed by atoms with Crippen LogP contribution in [-0.2, 0) is 19.2 Å². The Morgan fingerprint density at radius 3 is 0.853 bits per heavy atom. The van der Waals surface area contributed by atoms with Crippen LogP contribution < -0.4 is 19.6 Å². The highest BCUT2D eigenvalue weighted by atomic mass is 16.2. The van der Waals surface area contributed by atoms with Gasteiger partial charge in [-0.2, -0.15) is 0 Å². The molecule has 1 aliphatic heterocycles. The second kappa shape index (κ2) is 11.0. The molecular formula is C26H32N4O4. The number of amides is 4. The third-order valence-corrected chi connectivity index (χ3v) is 5.97. The molecule has 0 saturated carbocycles. The van der Waals surface area contributed by atoms with Crippen molar-refractivity contribution in [1.29, 1.82) is 0 Å². The molecule has 0 spiro atoms. The molecule has 0 saturated heterocycles. The molecule has 0 bridgehead atoms. The van der Waals surface area contributed by atoms with Gasteiger partial charge in [-0.25, -0.2) is 0 Å². The van der Waals surface area contributed by atoms with E-state index in [4.69, 9.17) is 0 Å². The maximum absolute atomic E-state index is 12.6. The molecule has 2 aromatic carbocycles. The van der Waals surface area contributed by atoms with Gasteiger partial charge in [0.1, 0.15) is 0 Å². The molecule has 2 aromatic rings. The molecule has 0 aliphatic carbocycles. The Balaban J connectivity index is 2.10. The lowest BCUT2D eigenvalue weighted by Gasteiger charge is -2.33. The molecule has 8 nitrogen and oxygen atoms in total. The number of hydrogen-bond acceptors (Lipinski definition) is 4. The minimum absolute atomic E-state index is 0.138. The summed E-state index contributed by atoms with van der Waals surface area (Å²) in [7, 11) is 0. The minimum Gasteiger partial charge on any atom is -0.311 e. The van der Waals surface area contributed by atoms with E-state index < -0.39 is 0 Å². The van der Waals surface area contributed by atoms with Crippen LogP contribution in [0.1, 0.15) is 40.5 Å². The van der Waals surface area contributed by atoms with E-state index in [1.807, 2.05) is 48.5 Å². The van der Waals surface area contributed by atoms with Gasteiger partial charge in [-0.05, 0) is 37.1 Å². The quantitative estimate of drug-likeness (QED) is 0.597. The number of nitrogens with zero attached hydrogens (tertiary/aromatic N) is 4. The molecular weight excluding hydrogens is 432 g/mol. The van der Waals surface area contributed by atoms with Gasteiger partial charge in [-0.1, -0.05) is 24.3 Å². The second-order valence-corrected chi connectivity index (χ2v) is 8.37. The van der Waals surface area contributed by atoms with Crippen molar-refractivity contribution in [2.75, 3.05) is 45.8 Å². The first-order chi connectivity index (χ1) is 16.2. The van der Waals surface area contributed by atoms with E-state index in [-0.39, 0.29) is 23.6 Å². The monoisotopic (exact) mass is 464 g/mol. The van der Waals surface area contributed by atoms with Crippen molar-refractivity contribution in [3.05, 3.63) is 48.5 Å². The van der Waals surface area contributed by atoms with Gasteiger partial charge in [-0.3, -0.25) is 19.2 Å². The Morgan fingerprint density at radius 1 is 0.471 bits per heavy atom. The summed E-state index contributed by atoms with van der Waals surface area (Å²) in [5.41, 5.74) is 2.61. The maximum atomic E-state index is 12.6. The van der Waals surface area contributed by atoms with E-state index in [0.29, 0.717) is 61.8 Å². The van der Waals surface area contributed by atoms with Crippen molar-refractivity contribution >= 4 is 46.4 Å². The number of hydrogen-bond donors (Lipinski definition) is 0. The fraction of sp³-hybridized carbons (Fsp3) is 0.385. The number of para-hydroxylation sites is 4. The third kappa shape index (κ3) is 5.44. The van der Waals surface area contributed by atoms with Crippen LogP contribution >= 0.6 is 0 Å². The Labute approximate surface area is 200 Å². The van der Waals surface area contributed by atoms with Crippen LogP contribution in [0.2, 0.25) is 0 Å². The van der Waals surface area contributed by atoms with Crippen LogP contribution in [0.15, 0.2) is 48.5 Å². The summed E-state index contributed by atoms with van der Waals surface area (Å²) in [5.74, 6) is -0.553. The van der Waals surface area contributed by atoms with Gasteiger partial charge >= 0.3 is 0 Å². The smallest absolute Gasteiger partial charge is 0.223 e. The lowest BCUT2D eigenvalue weighted by molar-refractivity contribution is -0.118. The summed E-state index contributed by atoms with van der Waals surface area (Å²) in [4.78, 5) is 57.1. The Bertz CT molecular complexity index is 916. The van der Waals surface area contributed by atoms with Crippen molar-refractivity contribution in [3.8, 4) is 0 Å². The van der Waals surface area contributed by atoms with Gasteiger partial charge in [0.15, 0.2) is 0 Å². The molecule has 34 heavy (non-hydrogen) atoms. The molecule has 1 aliphatic rings. The Kier molecular flexibility index (Phi) is 8.04. The number of benzene rings is 2. The molecule has 3 rings (SSSR count). The standard InChI is InChI=1S/C26H32N4O4/c1-19(31)27-15-9-16-29(21(3)33)25-13-7-8-14-26(25)30(22(4)34)18-10-17-28(20(2)32)24-12-6-5-11-23(24)27/h5-8,11-14H,9-10,15-18H2,1-4H3. The highest BCUT2D eigenvalue weighted by molar-refractivity contribution is 6.02. The topological polar surface area (TPSA) is 81.2 Å². The Hall–Kier alpha value is -3.68. The van der Waals surface area contributed by atoms with E-state index >= 15 is 0 Å². The van der Waals surface area contributed by atoms with E-state index in [1.165, 1.54) is 27.7 Å². The summed E-state index contributed by atoms with van der Waals surface area (Å²) in [6.07, 6.45) is 1.03. The molecule has 0 aromatic heterocycles. The van der Waals surface area contributed by atoms with Crippen LogP contribution in [0, 0.1) is 0 Å².